The molecule has 7 nitrogen and oxygen atoms in total. The van der Waals surface area contributed by atoms with Gasteiger partial charge in [-0.1, -0.05) is 12.1 Å². The van der Waals surface area contributed by atoms with E-state index in [0.29, 0.717) is 24.7 Å². The average molecular weight is 351 g/mol. The molecule has 1 unspecified atom stereocenters. The monoisotopic (exact) mass is 351 g/mol. The molecule has 0 bridgehead atoms. The van der Waals surface area contributed by atoms with Crippen molar-refractivity contribution in [2.45, 2.75) is 26.3 Å². The van der Waals surface area contributed by atoms with Gasteiger partial charge in [0.1, 0.15) is 11.6 Å². The normalized spacial score (nSPS) is 11.8. The van der Waals surface area contributed by atoms with Crippen LogP contribution < -0.4 is 10.1 Å². The smallest absolute Gasteiger partial charge is 0.224 e. The Balaban J connectivity index is 1.58. The molecule has 134 valence electrons. The molecule has 0 saturated carbocycles. The second-order valence-electron chi connectivity index (χ2n) is 5.83. The van der Waals surface area contributed by atoms with Crippen LogP contribution in [-0.2, 0) is 11.2 Å². The minimum Gasteiger partial charge on any atom is -0.494 e. The maximum absolute atomic E-state index is 12.3. The van der Waals surface area contributed by atoms with Crippen LogP contribution >= 0.6 is 0 Å². The summed E-state index contributed by atoms with van der Waals surface area (Å²) in [6, 6.07) is 11.0. The van der Waals surface area contributed by atoms with Crippen molar-refractivity contribution in [2.24, 2.45) is 0 Å². The highest BCUT2D eigenvalue weighted by molar-refractivity contribution is 5.78. The Hall–Kier alpha value is -3.22. The number of carbonyl (C=O) groups is 1. The molecule has 1 aromatic carbocycles. The molecule has 1 amide bonds. The van der Waals surface area contributed by atoms with E-state index in [1.54, 1.807) is 12.4 Å². The fourth-order valence-electron chi connectivity index (χ4n) is 2.51. The van der Waals surface area contributed by atoms with Crippen molar-refractivity contribution in [3.8, 4) is 17.1 Å². The summed E-state index contributed by atoms with van der Waals surface area (Å²) in [5, 5.41) is 9.99. The van der Waals surface area contributed by atoms with Gasteiger partial charge in [0.2, 0.25) is 5.91 Å². The first-order chi connectivity index (χ1) is 12.7. The summed E-state index contributed by atoms with van der Waals surface area (Å²) in [5.74, 6) is 1.88. The molecule has 1 atom stereocenters. The van der Waals surface area contributed by atoms with Gasteiger partial charge in [-0.05, 0) is 43.7 Å². The molecule has 2 heterocycles. The number of ether oxygens (including phenoxy) is 1. The Kier molecular flexibility index (Phi) is 5.58. The number of pyridine rings is 1. The van der Waals surface area contributed by atoms with Crippen LogP contribution in [0.3, 0.4) is 0 Å². The van der Waals surface area contributed by atoms with Crippen molar-refractivity contribution in [1.29, 1.82) is 0 Å². The Morgan fingerprint density at radius 1 is 1.27 bits per heavy atom. The number of aromatic nitrogens is 4. The zero-order valence-corrected chi connectivity index (χ0v) is 14.8. The second kappa shape index (κ2) is 8.24. The average Bonchev–Trinajstić information content (AvgIpc) is 3.15. The van der Waals surface area contributed by atoms with Crippen LogP contribution in [0, 0.1) is 0 Å². The number of nitrogens with one attached hydrogen (secondary N) is 2. The van der Waals surface area contributed by atoms with Crippen LogP contribution in [0.15, 0.2) is 48.8 Å². The number of H-pyrrole nitrogens is 1. The molecule has 7 heteroatoms. The fraction of sp³-hybridized carbons (Fsp3) is 0.263. The van der Waals surface area contributed by atoms with Gasteiger partial charge < -0.3 is 10.1 Å². The van der Waals surface area contributed by atoms with E-state index >= 15 is 0 Å². The minimum absolute atomic E-state index is 0.0824. The highest BCUT2D eigenvalue weighted by Gasteiger charge is 2.15. The summed E-state index contributed by atoms with van der Waals surface area (Å²) in [4.78, 5) is 20.8. The predicted molar refractivity (Wildman–Crippen MR) is 97.5 cm³/mol. The predicted octanol–water partition coefficient (Wildman–Crippen LogP) is 2.69. The largest absolute Gasteiger partial charge is 0.494 e. The van der Waals surface area contributed by atoms with E-state index < -0.39 is 0 Å². The summed E-state index contributed by atoms with van der Waals surface area (Å²) in [7, 11) is 0. The molecule has 0 radical (unpaired) electrons. The maximum atomic E-state index is 12.3. The molecule has 0 aliphatic heterocycles. The number of carbonyl (C=O) groups excluding carboxylic acids is 1. The standard InChI is InChI=1S/C19H21N5O2/c1-3-26-16-8-6-14(7-9-16)11-17(25)21-13(2)18-22-19(24-23-18)15-5-4-10-20-12-15/h4-10,12-13H,3,11H2,1-2H3,(H,21,25)(H,22,23,24). The van der Waals surface area contributed by atoms with E-state index in [-0.39, 0.29) is 11.9 Å². The lowest BCUT2D eigenvalue weighted by Gasteiger charge is -2.11. The highest BCUT2D eigenvalue weighted by atomic mass is 16.5. The first-order valence-corrected chi connectivity index (χ1v) is 8.49. The number of aromatic amines is 1. The number of hydrogen-bond acceptors (Lipinski definition) is 5. The molecule has 26 heavy (non-hydrogen) atoms. The molecule has 2 N–H and O–H groups in total. The summed E-state index contributed by atoms with van der Waals surface area (Å²) in [5.41, 5.74) is 1.75. The molecule has 0 saturated heterocycles. The van der Waals surface area contributed by atoms with E-state index in [4.69, 9.17) is 4.74 Å². The van der Waals surface area contributed by atoms with Crippen molar-refractivity contribution in [3.05, 3.63) is 60.2 Å². The molecular weight excluding hydrogens is 330 g/mol. The minimum atomic E-state index is -0.275. The molecule has 3 aromatic rings. The van der Waals surface area contributed by atoms with Gasteiger partial charge in [-0.25, -0.2) is 4.98 Å². The molecule has 0 fully saturated rings. The van der Waals surface area contributed by atoms with Crippen molar-refractivity contribution < 1.29 is 9.53 Å². The first kappa shape index (κ1) is 17.6. The van der Waals surface area contributed by atoms with Crippen molar-refractivity contribution in [1.82, 2.24) is 25.5 Å². The van der Waals surface area contributed by atoms with Crippen LogP contribution in [0.5, 0.6) is 5.75 Å². The summed E-state index contributed by atoms with van der Waals surface area (Å²) in [6.07, 6.45) is 3.68. The van der Waals surface area contributed by atoms with E-state index in [2.05, 4.69) is 25.5 Å². The van der Waals surface area contributed by atoms with Crippen LogP contribution in [0.2, 0.25) is 0 Å². The molecule has 2 aromatic heterocycles. The lowest BCUT2D eigenvalue weighted by molar-refractivity contribution is -0.121. The van der Waals surface area contributed by atoms with E-state index in [1.807, 2.05) is 50.2 Å². The SMILES string of the molecule is CCOc1ccc(CC(=O)NC(C)c2nc(-c3cccnc3)n[nH]2)cc1. The van der Waals surface area contributed by atoms with Gasteiger partial charge in [0.25, 0.3) is 0 Å². The zero-order valence-electron chi connectivity index (χ0n) is 14.8. The lowest BCUT2D eigenvalue weighted by atomic mass is 10.1. The number of benzene rings is 1. The quantitative estimate of drug-likeness (QED) is 0.683. The number of nitrogens with zero attached hydrogens (tertiary/aromatic N) is 3. The summed E-state index contributed by atoms with van der Waals surface area (Å²) < 4.78 is 5.40. The van der Waals surface area contributed by atoms with Crippen LogP contribution in [0.4, 0.5) is 0 Å². The first-order valence-electron chi connectivity index (χ1n) is 8.49. The van der Waals surface area contributed by atoms with E-state index in [1.165, 1.54) is 0 Å². The van der Waals surface area contributed by atoms with Gasteiger partial charge in [0.05, 0.1) is 19.1 Å². The van der Waals surface area contributed by atoms with Crippen LogP contribution in [0.1, 0.15) is 31.3 Å². The lowest BCUT2D eigenvalue weighted by Crippen LogP contribution is -2.28. The summed E-state index contributed by atoms with van der Waals surface area (Å²) >= 11 is 0. The van der Waals surface area contributed by atoms with Gasteiger partial charge >= 0.3 is 0 Å². The fourth-order valence-corrected chi connectivity index (χ4v) is 2.51. The van der Waals surface area contributed by atoms with Gasteiger partial charge in [0, 0.05) is 18.0 Å². The van der Waals surface area contributed by atoms with E-state index in [9.17, 15) is 4.79 Å². The molecule has 0 aliphatic rings. The Morgan fingerprint density at radius 2 is 2.08 bits per heavy atom. The molecule has 0 spiro atoms. The Labute approximate surface area is 151 Å². The third-order valence-corrected chi connectivity index (χ3v) is 3.81. The van der Waals surface area contributed by atoms with Gasteiger partial charge in [-0.15, -0.1) is 0 Å². The van der Waals surface area contributed by atoms with Crippen molar-refractivity contribution >= 4 is 5.91 Å². The van der Waals surface area contributed by atoms with Crippen LogP contribution in [0.25, 0.3) is 11.4 Å². The maximum Gasteiger partial charge on any atom is 0.224 e. The van der Waals surface area contributed by atoms with Crippen molar-refractivity contribution in [2.75, 3.05) is 6.61 Å². The Morgan fingerprint density at radius 3 is 2.77 bits per heavy atom. The molecule has 0 aliphatic carbocycles. The van der Waals surface area contributed by atoms with Crippen molar-refractivity contribution in [3.63, 3.8) is 0 Å². The van der Waals surface area contributed by atoms with Gasteiger partial charge in [-0.3, -0.25) is 14.9 Å². The number of rotatable bonds is 7. The topological polar surface area (TPSA) is 92.8 Å². The van der Waals surface area contributed by atoms with Gasteiger partial charge in [0.15, 0.2) is 5.82 Å². The zero-order chi connectivity index (χ0) is 18.4. The Bertz CT molecular complexity index is 846. The highest BCUT2D eigenvalue weighted by Crippen LogP contribution is 2.16. The molecular formula is C19H21N5O2. The third-order valence-electron chi connectivity index (χ3n) is 3.81. The van der Waals surface area contributed by atoms with E-state index in [0.717, 1.165) is 16.9 Å². The third kappa shape index (κ3) is 4.44. The van der Waals surface area contributed by atoms with Crippen LogP contribution in [-0.4, -0.2) is 32.7 Å². The number of hydrogen-bond donors (Lipinski definition) is 2. The number of amides is 1. The summed E-state index contributed by atoms with van der Waals surface area (Å²) in [6.45, 7) is 4.42. The van der Waals surface area contributed by atoms with Gasteiger partial charge in [-0.2, -0.15) is 5.10 Å². The second-order valence-corrected chi connectivity index (χ2v) is 5.83. The molecule has 3 rings (SSSR count).